The maximum Gasteiger partial charge on any atom is 0.334 e. The number of aliphatic hydroxyl groups excluding tert-OH is 1. The first-order valence-corrected chi connectivity index (χ1v) is 9.08. The Kier molecular flexibility index (Phi) is 5.92. The van der Waals surface area contributed by atoms with Crippen molar-refractivity contribution in [1.29, 1.82) is 0 Å². The maximum atomic E-state index is 13.2. The fourth-order valence-electron chi connectivity index (χ4n) is 3.35. The van der Waals surface area contributed by atoms with Crippen LogP contribution in [-0.4, -0.2) is 35.4 Å². The van der Waals surface area contributed by atoms with Crippen molar-refractivity contribution in [2.75, 3.05) is 6.54 Å². The molecule has 1 aliphatic rings. The van der Waals surface area contributed by atoms with Crippen LogP contribution in [0.25, 0.3) is 0 Å². The van der Waals surface area contributed by atoms with E-state index >= 15 is 0 Å². The molecule has 140 valence electrons. The first kappa shape index (κ1) is 19.9. The molecule has 0 amide bonds. The van der Waals surface area contributed by atoms with Gasteiger partial charge in [0.05, 0.1) is 0 Å². The van der Waals surface area contributed by atoms with Crippen molar-refractivity contribution in [2.45, 2.75) is 70.7 Å². The normalized spacial score (nSPS) is 26.4. The first-order chi connectivity index (χ1) is 11.6. The molecule has 1 aromatic carbocycles. The van der Waals surface area contributed by atoms with E-state index in [9.17, 15) is 9.90 Å². The lowest BCUT2D eigenvalue weighted by molar-refractivity contribution is -0.171. The lowest BCUT2D eigenvalue weighted by atomic mass is 9.72. The second-order valence-electron chi connectivity index (χ2n) is 8.39. The van der Waals surface area contributed by atoms with Gasteiger partial charge in [0, 0.05) is 6.04 Å². The molecule has 0 radical (unpaired) electrons. The molecule has 2 rings (SSSR count). The molecule has 0 aromatic heterocycles. The Morgan fingerprint density at radius 1 is 1.40 bits per heavy atom. The van der Waals surface area contributed by atoms with Crippen molar-refractivity contribution in [3.63, 3.8) is 0 Å². The average Bonchev–Trinajstić information content (AvgIpc) is 2.49. The summed E-state index contributed by atoms with van der Waals surface area (Å²) in [7, 11) is 0. The van der Waals surface area contributed by atoms with Gasteiger partial charge in [-0.2, -0.15) is 0 Å². The Bertz CT molecular complexity index is 609. The highest BCUT2D eigenvalue weighted by Gasteiger charge is 2.54. The van der Waals surface area contributed by atoms with Gasteiger partial charge < -0.3 is 15.6 Å². The molecule has 3 atom stereocenters. The lowest BCUT2D eigenvalue weighted by Gasteiger charge is -2.45. The molecule has 0 aliphatic heterocycles. The van der Waals surface area contributed by atoms with Crippen LogP contribution in [-0.2, 0) is 21.5 Å². The third-order valence-electron chi connectivity index (χ3n) is 4.59. The molecule has 0 spiro atoms. The molecule has 25 heavy (non-hydrogen) atoms. The summed E-state index contributed by atoms with van der Waals surface area (Å²) in [5.74, 6) is 0.00620. The molecule has 0 heterocycles. The molecule has 0 bridgehead atoms. The highest BCUT2D eigenvalue weighted by atomic mass is 16.6. The number of carbonyl (C=O) groups excluding carboxylic acids is 1. The zero-order valence-electron chi connectivity index (χ0n) is 16.0. The van der Waals surface area contributed by atoms with Crippen molar-refractivity contribution in [3.8, 4) is 0 Å². The third-order valence-corrected chi connectivity index (χ3v) is 4.59. The summed E-state index contributed by atoms with van der Waals surface area (Å²) < 4.78 is 5.70. The van der Waals surface area contributed by atoms with E-state index in [1.165, 1.54) is 0 Å². The van der Waals surface area contributed by atoms with Crippen LogP contribution in [0.5, 0.6) is 0 Å². The van der Waals surface area contributed by atoms with E-state index in [0.29, 0.717) is 18.9 Å². The van der Waals surface area contributed by atoms with E-state index in [-0.39, 0.29) is 0 Å². The minimum atomic E-state index is -1.34. The Hall–Kier alpha value is -1.43. The zero-order chi connectivity index (χ0) is 18.8. The van der Waals surface area contributed by atoms with E-state index in [4.69, 9.17) is 10.5 Å². The van der Waals surface area contributed by atoms with E-state index in [0.717, 1.165) is 17.5 Å². The molecule has 3 unspecified atom stereocenters. The van der Waals surface area contributed by atoms with Crippen LogP contribution in [0, 0.1) is 5.92 Å². The molecule has 5 heteroatoms. The van der Waals surface area contributed by atoms with Gasteiger partial charge in [0.25, 0.3) is 0 Å². The fraction of sp³-hybridized carbons (Fsp3) is 0.650. The molecule has 0 fully saturated rings. The van der Waals surface area contributed by atoms with Gasteiger partial charge in [-0.05, 0) is 57.2 Å². The first-order valence-electron chi connectivity index (χ1n) is 9.08. The van der Waals surface area contributed by atoms with Gasteiger partial charge in [-0.25, -0.2) is 4.79 Å². The van der Waals surface area contributed by atoms with Gasteiger partial charge in [0.1, 0.15) is 11.7 Å². The van der Waals surface area contributed by atoms with Crippen molar-refractivity contribution < 1.29 is 14.6 Å². The van der Waals surface area contributed by atoms with Gasteiger partial charge in [0.15, 0.2) is 5.54 Å². The Balaban J connectivity index is 2.50. The molecular weight excluding hydrogens is 316 g/mol. The molecule has 1 aliphatic carbocycles. The topological polar surface area (TPSA) is 84.6 Å². The number of aliphatic hydroxyl groups is 1. The van der Waals surface area contributed by atoms with Crippen molar-refractivity contribution in [2.24, 2.45) is 11.7 Å². The minimum Gasteiger partial charge on any atom is -0.458 e. The number of nitrogens with two attached hydrogens (primary N) is 1. The van der Waals surface area contributed by atoms with Crippen LogP contribution in [0.3, 0.4) is 0 Å². The second kappa shape index (κ2) is 7.44. The predicted molar refractivity (Wildman–Crippen MR) is 99.1 cm³/mol. The van der Waals surface area contributed by atoms with Crippen LogP contribution in [0.1, 0.15) is 52.2 Å². The second-order valence-corrected chi connectivity index (χ2v) is 8.39. The highest BCUT2D eigenvalue weighted by Crippen LogP contribution is 2.37. The van der Waals surface area contributed by atoms with E-state index in [1.807, 2.05) is 45.0 Å². The average molecular weight is 348 g/mol. The van der Waals surface area contributed by atoms with Crippen LogP contribution in [0.4, 0.5) is 0 Å². The van der Waals surface area contributed by atoms with E-state index < -0.39 is 29.3 Å². The van der Waals surface area contributed by atoms with Crippen molar-refractivity contribution in [1.82, 2.24) is 5.32 Å². The summed E-state index contributed by atoms with van der Waals surface area (Å²) in [5.41, 5.74) is 5.96. The standard InChI is InChI=1S/C20H32N2O3/c1-13(2)10-11-22-20(18(24)25-19(3,4)5)15-9-7-6-8-14(15)12-16(21)17(20)23/h6-9,13,16-17,22-23H,10-12,21H2,1-5H3. The minimum absolute atomic E-state index is 0.473. The quantitative estimate of drug-likeness (QED) is 0.710. The van der Waals surface area contributed by atoms with E-state index in [2.05, 4.69) is 19.2 Å². The van der Waals surface area contributed by atoms with Crippen molar-refractivity contribution >= 4 is 5.97 Å². The van der Waals surface area contributed by atoms with Gasteiger partial charge in [-0.1, -0.05) is 38.1 Å². The zero-order valence-corrected chi connectivity index (χ0v) is 16.0. The van der Waals surface area contributed by atoms with Crippen molar-refractivity contribution in [3.05, 3.63) is 35.4 Å². The van der Waals surface area contributed by atoms with Crippen LogP contribution in [0.15, 0.2) is 24.3 Å². The Labute approximate surface area is 150 Å². The summed E-state index contributed by atoms with van der Waals surface area (Å²) in [6.07, 6.45) is 0.368. The van der Waals surface area contributed by atoms with Crippen LogP contribution >= 0.6 is 0 Å². The van der Waals surface area contributed by atoms with Gasteiger partial charge in [-0.3, -0.25) is 5.32 Å². The molecule has 0 saturated heterocycles. The number of hydrogen-bond donors (Lipinski definition) is 3. The lowest BCUT2D eigenvalue weighted by Crippen LogP contribution is -2.66. The predicted octanol–water partition coefficient (Wildman–Crippen LogP) is 2.10. The van der Waals surface area contributed by atoms with Gasteiger partial charge in [0.2, 0.25) is 0 Å². The number of benzene rings is 1. The Morgan fingerprint density at radius 3 is 2.64 bits per heavy atom. The fourth-order valence-corrected chi connectivity index (χ4v) is 3.35. The van der Waals surface area contributed by atoms with Crippen LogP contribution < -0.4 is 11.1 Å². The SMILES string of the molecule is CC(C)CCNC1(C(=O)OC(C)(C)C)c2ccccc2CC(N)C1O. The summed E-state index contributed by atoms with van der Waals surface area (Å²) in [5, 5.41) is 14.3. The largest absolute Gasteiger partial charge is 0.458 e. The summed E-state index contributed by atoms with van der Waals surface area (Å²) in [6, 6.07) is 7.12. The number of esters is 1. The number of rotatable bonds is 5. The number of nitrogens with one attached hydrogen (secondary N) is 1. The number of fused-ring (bicyclic) bond motifs is 1. The van der Waals surface area contributed by atoms with E-state index in [1.54, 1.807) is 0 Å². The van der Waals surface area contributed by atoms with Gasteiger partial charge >= 0.3 is 5.97 Å². The summed E-state index contributed by atoms with van der Waals surface area (Å²) in [6.45, 7) is 10.3. The molecule has 0 saturated carbocycles. The monoisotopic (exact) mass is 348 g/mol. The third kappa shape index (κ3) is 4.22. The molecule has 5 nitrogen and oxygen atoms in total. The Morgan fingerprint density at radius 2 is 2.04 bits per heavy atom. The number of ether oxygens (including phenoxy) is 1. The summed E-state index contributed by atoms with van der Waals surface area (Å²) >= 11 is 0. The summed E-state index contributed by atoms with van der Waals surface area (Å²) in [4.78, 5) is 13.2. The molecular formula is C20H32N2O3. The molecule has 4 N–H and O–H groups in total. The van der Waals surface area contributed by atoms with Crippen LogP contribution in [0.2, 0.25) is 0 Å². The number of hydrogen-bond acceptors (Lipinski definition) is 5. The maximum absolute atomic E-state index is 13.2. The highest BCUT2D eigenvalue weighted by molar-refractivity contribution is 5.85. The molecule has 1 aromatic rings. The van der Waals surface area contributed by atoms with Gasteiger partial charge in [-0.15, -0.1) is 0 Å². The smallest absolute Gasteiger partial charge is 0.334 e. The number of carbonyl (C=O) groups is 1.